The standard InChI is InChI=1S/C16H21NOS/c1-3-5-14(17)16-9-8-15(19-16)13-7-4-6-12(10-13)11-18-2/h4,6-10,14H,3,5,11,17H2,1-2H3. The summed E-state index contributed by atoms with van der Waals surface area (Å²) in [5.74, 6) is 0. The third-order valence-corrected chi connectivity index (χ3v) is 4.38. The van der Waals surface area contributed by atoms with E-state index in [4.69, 9.17) is 10.5 Å². The Kier molecular flexibility index (Phi) is 5.14. The van der Waals surface area contributed by atoms with Crippen LogP contribution in [0.4, 0.5) is 0 Å². The lowest BCUT2D eigenvalue weighted by Gasteiger charge is -2.06. The minimum Gasteiger partial charge on any atom is -0.380 e. The van der Waals surface area contributed by atoms with E-state index in [2.05, 4.69) is 43.3 Å². The minimum atomic E-state index is 0.172. The van der Waals surface area contributed by atoms with Crippen molar-refractivity contribution in [1.82, 2.24) is 0 Å². The van der Waals surface area contributed by atoms with Crippen molar-refractivity contribution in [3.63, 3.8) is 0 Å². The molecule has 1 aromatic heterocycles. The summed E-state index contributed by atoms with van der Waals surface area (Å²) in [5.41, 5.74) is 8.61. The summed E-state index contributed by atoms with van der Waals surface area (Å²) in [4.78, 5) is 2.55. The largest absolute Gasteiger partial charge is 0.380 e. The molecule has 0 saturated carbocycles. The van der Waals surface area contributed by atoms with E-state index >= 15 is 0 Å². The van der Waals surface area contributed by atoms with Crippen molar-refractivity contribution in [2.75, 3.05) is 7.11 Å². The molecule has 0 aliphatic heterocycles. The van der Waals surface area contributed by atoms with Crippen molar-refractivity contribution < 1.29 is 4.74 Å². The van der Waals surface area contributed by atoms with E-state index < -0.39 is 0 Å². The van der Waals surface area contributed by atoms with E-state index in [1.807, 2.05) is 0 Å². The summed E-state index contributed by atoms with van der Waals surface area (Å²) < 4.78 is 5.18. The first-order valence-electron chi connectivity index (χ1n) is 6.68. The molecule has 0 amide bonds. The highest BCUT2D eigenvalue weighted by atomic mass is 32.1. The van der Waals surface area contributed by atoms with Gasteiger partial charge in [0.1, 0.15) is 0 Å². The van der Waals surface area contributed by atoms with E-state index in [1.165, 1.54) is 20.9 Å². The van der Waals surface area contributed by atoms with Crippen LogP contribution < -0.4 is 5.73 Å². The Morgan fingerprint density at radius 2 is 2.11 bits per heavy atom. The number of nitrogens with two attached hydrogens (primary N) is 1. The zero-order chi connectivity index (χ0) is 13.7. The topological polar surface area (TPSA) is 35.2 Å². The van der Waals surface area contributed by atoms with E-state index in [-0.39, 0.29) is 6.04 Å². The van der Waals surface area contributed by atoms with Crippen LogP contribution >= 0.6 is 11.3 Å². The second kappa shape index (κ2) is 6.85. The van der Waals surface area contributed by atoms with Gasteiger partial charge < -0.3 is 10.5 Å². The Balaban J connectivity index is 2.20. The maximum atomic E-state index is 6.16. The monoisotopic (exact) mass is 275 g/mol. The number of hydrogen-bond donors (Lipinski definition) is 1. The molecular weight excluding hydrogens is 254 g/mol. The van der Waals surface area contributed by atoms with Gasteiger partial charge in [-0.25, -0.2) is 0 Å². The molecule has 1 aromatic carbocycles. The smallest absolute Gasteiger partial charge is 0.0713 e. The van der Waals surface area contributed by atoms with Gasteiger partial charge in [-0.05, 0) is 35.7 Å². The molecular formula is C16H21NOS. The summed E-state index contributed by atoms with van der Waals surface area (Å²) in [6.45, 7) is 2.82. The molecule has 0 spiro atoms. The predicted molar refractivity (Wildman–Crippen MR) is 82.3 cm³/mol. The first-order chi connectivity index (χ1) is 9.24. The fourth-order valence-electron chi connectivity index (χ4n) is 2.14. The van der Waals surface area contributed by atoms with Crippen LogP contribution in [0.25, 0.3) is 10.4 Å². The summed E-state index contributed by atoms with van der Waals surface area (Å²) in [5, 5.41) is 0. The Bertz CT molecular complexity index is 521. The lowest BCUT2D eigenvalue weighted by Crippen LogP contribution is -2.07. The molecule has 2 rings (SSSR count). The number of ether oxygens (including phenoxy) is 1. The zero-order valence-electron chi connectivity index (χ0n) is 11.6. The maximum absolute atomic E-state index is 6.16. The van der Waals surface area contributed by atoms with Crippen LogP contribution in [0.15, 0.2) is 36.4 Å². The van der Waals surface area contributed by atoms with Gasteiger partial charge in [0.2, 0.25) is 0 Å². The van der Waals surface area contributed by atoms with E-state index in [1.54, 1.807) is 18.4 Å². The van der Waals surface area contributed by atoms with E-state index in [9.17, 15) is 0 Å². The fraction of sp³-hybridized carbons (Fsp3) is 0.375. The van der Waals surface area contributed by atoms with Crippen molar-refractivity contribution in [2.24, 2.45) is 5.73 Å². The van der Waals surface area contributed by atoms with Gasteiger partial charge in [0.25, 0.3) is 0 Å². The number of benzene rings is 1. The summed E-state index contributed by atoms with van der Waals surface area (Å²) >= 11 is 1.80. The quantitative estimate of drug-likeness (QED) is 0.850. The van der Waals surface area contributed by atoms with Crippen molar-refractivity contribution in [2.45, 2.75) is 32.4 Å². The van der Waals surface area contributed by atoms with Crippen molar-refractivity contribution in [3.05, 3.63) is 46.8 Å². The van der Waals surface area contributed by atoms with Gasteiger partial charge >= 0.3 is 0 Å². The predicted octanol–water partition coefficient (Wildman–Crippen LogP) is 4.36. The van der Waals surface area contributed by atoms with Gasteiger partial charge in [-0.3, -0.25) is 0 Å². The molecule has 102 valence electrons. The van der Waals surface area contributed by atoms with E-state index in [0.717, 1.165) is 12.8 Å². The van der Waals surface area contributed by atoms with Crippen LogP contribution in [-0.4, -0.2) is 7.11 Å². The summed E-state index contributed by atoms with van der Waals surface area (Å²) in [7, 11) is 1.72. The second-order valence-corrected chi connectivity index (χ2v) is 5.85. The fourth-order valence-corrected chi connectivity index (χ4v) is 3.18. The van der Waals surface area contributed by atoms with Crippen LogP contribution in [0.3, 0.4) is 0 Å². The molecule has 2 aromatic rings. The molecule has 1 unspecified atom stereocenters. The number of hydrogen-bond acceptors (Lipinski definition) is 3. The maximum Gasteiger partial charge on any atom is 0.0713 e. The van der Waals surface area contributed by atoms with Gasteiger partial charge in [-0.2, -0.15) is 0 Å². The molecule has 0 radical (unpaired) electrons. The number of rotatable bonds is 6. The third-order valence-electron chi connectivity index (χ3n) is 3.11. The first kappa shape index (κ1) is 14.3. The Hall–Kier alpha value is -1.16. The number of thiophene rings is 1. The van der Waals surface area contributed by atoms with Gasteiger partial charge in [0.15, 0.2) is 0 Å². The molecule has 0 bridgehead atoms. The lowest BCUT2D eigenvalue weighted by atomic mass is 10.1. The second-order valence-electron chi connectivity index (χ2n) is 4.73. The van der Waals surface area contributed by atoms with Crippen LogP contribution in [-0.2, 0) is 11.3 Å². The normalized spacial score (nSPS) is 12.6. The zero-order valence-corrected chi connectivity index (χ0v) is 12.4. The minimum absolute atomic E-state index is 0.172. The molecule has 3 heteroatoms. The Morgan fingerprint density at radius 3 is 2.84 bits per heavy atom. The highest BCUT2D eigenvalue weighted by molar-refractivity contribution is 7.15. The van der Waals surface area contributed by atoms with Gasteiger partial charge in [0.05, 0.1) is 6.61 Å². The molecule has 0 aliphatic carbocycles. The lowest BCUT2D eigenvalue weighted by molar-refractivity contribution is 0.185. The van der Waals surface area contributed by atoms with Gasteiger partial charge in [0, 0.05) is 22.9 Å². The third kappa shape index (κ3) is 3.66. The summed E-state index contributed by atoms with van der Waals surface area (Å²) in [6.07, 6.45) is 2.17. The van der Waals surface area contributed by atoms with Crippen LogP contribution in [0.2, 0.25) is 0 Å². The van der Waals surface area contributed by atoms with E-state index in [0.29, 0.717) is 6.61 Å². The molecule has 1 atom stereocenters. The van der Waals surface area contributed by atoms with Gasteiger partial charge in [-0.15, -0.1) is 11.3 Å². The van der Waals surface area contributed by atoms with Gasteiger partial charge in [-0.1, -0.05) is 31.5 Å². The first-order valence-corrected chi connectivity index (χ1v) is 7.49. The molecule has 2 nitrogen and oxygen atoms in total. The average molecular weight is 275 g/mol. The highest BCUT2D eigenvalue weighted by Crippen LogP contribution is 2.32. The van der Waals surface area contributed by atoms with Crippen LogP contribution in [0, 0.1) is 0 Å². The number of methoxy groups -OCH3 is 1. The highest BCUT2D eigenvalue weighted by Gasteiger charge is 2.09. The SMILES string of the molecule is CCCC(N)c1ccc(-c2cccc(COC)c2)s1. The average Bonchev–Trinajstić information content (AvgIpc) is 2.89. The molecule has 2 N–H and O–H groups in total. The molecule has 0 saturated heterocycles. The van der Waals surface area contributed by atoms with Crippen LogP contribution in [0.5, 0.6) is 0 Å². The molecule has 0 fully saturated rings. The van der Waals surface area contributed by atoms with Crippen molar-refractivity contribution in [1.29, 1.82) is 0 Å². The van der Waals surface area contributed by atoms with Crippen molar-refractivity contribution in [3.8, 4) is 10.4 Å². The molecule has 0 aliphatic rings. The Morgan fingerprint density at radius 1 is 1.26 bits per heavy atom. The summed E-state index contributed by atoms with van der Waals surface area (Å²) in [6, 6.07) is 13.0. The Labute approximate surface area is 119 Å². The van der Waals surface area contributed by atoms with Crippen LogP contribution in [0.1, 0.15) is 36.2 Å². The van der Waals surface area contributed by atoms with Crippen molar-refractivity contribution >= 4 is 11.3 Å². The molecule has 1 heterocycles. The molecule has 19 heavy (non-hydrogen) atoms.